The van der Waals surface area contributed by atoms with Crippen molar-refractivity contribution in [1.29, 1.82) is 0 Å². The number of benzene rings is 2. The summed E-state index contributed by atoms with van der Waals surface area (Å²) >= 11 is 3.29. The lowest BCUT2D eigenvalue weighted by atomic mass is 10.0. The van der Waals surface area contributed by atoms with Gasteiger partial charge in [0.25, 0.3) is 5.78 Å². The van der Waals surface area contributed by atoms with Crippen molar-refractivity contribution < 1.29 is 22.7 Å². The van der Waals surface area contributed by atoms with Gasteiger partial charge in [0.05, 0.1) is 24.1 Å². The first-order valence-corrected chi connectivity index (χ1v) is 8.67. The number of fused-ring (bicyclic) bond motifs is 2. The lowest BCUT2D eigenvalue weighted by Crippen LogP contribution is -2.23. The lowest BCUT2D eigenvalue weighted by molar-refractivity contribution is -0.0883. The van der Waals surface area contributed by atoms with Crippen molar-refractivity contribution in [3.63, 3.8) is 0 Å². The van der Waals surface area contributed by atoms with Crippen molar-refractivity contribution in [2.24, 2.45) is 0 Å². The number of methoxy groups -OCH3 is 1. The predicted octanol–water partition coefficient (Wildman–Crippen LogP) is 5.83. The molecule has 0 aliphatic heterocycles. The normalized spacial score (nSPS) is 12.0. The number of Topliss-reactive ketones (excluding diaryl/α,β-unsaturated/α-hetero) is 1. The zero-order valence-electron chi connectivity index (χ0n) is 13.9. The molecule has 0 saturated heterocycles. The number of ether oxygens (including phenoxy) is 1. The summed E-state index contributed by atoms with van der Waals surface area (Å²) in [4.78, 5) is 18.2. The third kappa shape index (κ3) is 2.99. The van der Waals surface area contributed by atoms with E-state index >= 15 is 0 Å². The van der Waals surface area contributed by atoms with Crippen molar-refractivity contribution >= 4 is 43.5 Å². The zero-order chi connectivity index (χ0) is 19.3. The molecule has 0 amide bonds. The number of halogens is 4. The molecular weight excluding hydrogens is 425 g/mol. The number of rotatable bonds is 3. The predicted molar refractivity (Wildman–Crippen MR) is 100 cm³/mol. The van der Waals surface area contributed by atoms with Crippen LogP contribution in [0.1, 0.15) is 10.4 Å². The third-order valence-corrected chi connectivity index (χ3v) is 4.84. The number of hydrogen-bond acceptors (Lipinski definition) is 2. The van der Waals surface area contributed by atoms with Crippen LogP contribution < -0.4 is 4.74 Å². The molecule has 0 radical (unpaired) electrons. The van der Waals surface area contributed by atoms with Gasteiger partial charge in [0.2, 0.25) is 0 Å². The third-order valence-electron chi connectivity index (χ3n) is 4.34. The van der Waals surface area contributed by atoms with Gasteiger partial charge in [-0.15, -0.1) is 0 Å². The monoisotopic (exact) mass is 436 g/mol. The fourth-order valence-electron chi connectivity index (χ4n) is 3.12. The van der Waals surface area contributed by atoms with E-state index in [0.717, 1.165) is 10.9 Å². The molecule has 4 nitrogen and oxygen atoms in total. The summed E-state index contributed by atoms with van der Waals surface area (Å²) in [6, 6.07) is 11.7. The molecule has 0 saturated carbocycles. The molecular formula is C19H12BrF3N2O2. The first-order chi connectivity index (χ1) is 12.8. The quantitative estimate of drug-likeness (QED) is 0.396. The summed E-state index contributed by atoms with van der Waals surface area (Å²) < 4.78 is 45.5. The highest BCUT2D eigenvalue weighted by Gasteiger charge is 2.42. The van der Waals surface area contributed by atoms with Crippen LogP contribution in [0.2, 0.25) is 0 Å². The van der Waals surface area contributed by atoms with Crippen LogP contribution >= 0.6 is 15.9 Å². The molecule has 2 heterocycles. The molecule has 2 N–H and O–H groups in total. The first-order valence-electron chi connectivity index (χ1n) is 7.88. The number of alkyl halides is 3. The van der Waals surface area contributed by atoms with Gasteiger partial charge in [-0.25, -0.2) is 0 Å². The van der Waals surface area contributed by atoms with Crippen LogP contribution in [0.25, 0.3) is 33.2 Å². The molecule has 2 aromatic carbocycles. The first kappa shape index (κ1) is 17.7. The standard InChI is InChI=1S/C19H12BrF3N2O2/c1-27-11-3-5-13-9(6-11)7-15(24-13)17-16(18(26)19(21,22)23)12-4-2-10(20)8-14(12)25-17/h2-8,24-25H,1H3. The van der Waals surface area contributed by atoms with Gasteiger partial charge in [-0.2, -0.15) is 13.2 Å². The van der Waals surface area contributed by atoms with Gasteiger partial charge in [0, 0.05) is 26.3 Å². The maximum Gasteiger partial charge on any atom is 0.454 e. The zero-order valence-corrected chi connectivity index (χ0v) is 15.5. The number of carbonyl (C=O) groups is 1. The van der Waals surface area contributed by atoms with E-state index in [0.29, 0.717) is 21.4 Å². The number of hydrogen-bond donors (Lipinski definition) is 2. The van der Waals surface area contributed by atoms with E-state index in [-0.39, 0.29) is 11.1 Å². The highest BCUT2D eigenvalue weighted by atomic mass is 79.9. The van der Waals surface area contributed by atoms with Crippen LogP contribution in [0.4, 0.5) is 13.2 Å². The molecule has 4 aromatic rings. The van der Waals surface area contributed by atoms with Crippen LogP contribution in [0.5, 0.6) is 5.75 Å². The van der Waals surface area contributed by atoms with Crippen molar-refractivity contribution in [2.45, 2.75) is 6.18 Å². The largest absolute Gasteiger partial charge is 0.497 e. The van der Waals surface area contributed by atoms with Gasteiger partial charge in [-0.1, -0.05) is 22.0 Å². The van der Waals surface area contributed by atoms with E-state index in [1.807, 2.05) is 0 Å². The Morgan fingerprint density at radius 1 is 1.04 bits per heavy atom. The number of aromatic nitrogens is 2. The summed E-state index contributed by atoms with van der Waals surface area (Å²) in [7, 11) is 1.53. The van der Waals surface area contributed by atoms with Crippen LogP contribution in [0, 0.1) is 0 Å². The van der Waals surface area contributed by atoms with E-state index in [2.05, 4.69) is 25.9 Å². The van der Waals surface area contributed by atoms with Gasteiger partial charge in [0.1, 0.15) is 5.75 Å². The fraction of sp³-hybridized carbons (Fsp3) is 0.105. The van der Waals surface area contributed by atoms with Gasteiger partial charge >= 0.3 is 6.18 Å². The molecule has 27 heavy (non-hydrogen) atoms. The number of nitrogens with one attached hydrogen (secondary N) is 2. The van der Waals surface area contributed by atoms with E-state index in [1.54, 1.807) is 36.4 Å². The lowest BCUT2D eigenvalue weighted by Gasteiger charge is -2.06. The molecule has 8 heteroatoms. The average molecular weight is 437 g/mol. The molecule has 0 aliphatic carbocycles. The molecule has 0 aliphatic rings. The maximum atomic E-state index is 13.2. The Morgan fingerprint density at radius 2 is 1.81 bits per heavy atom. The molecule has 4 rings (SSSR count). The number of aromatic amines is 2. The fourth-order valence-corrected chi connectivity index (χ4v) is 3.48. The number of ketones is 1. The van der Waals surface area contributed by atoms with Gasteiger partial charge in [-0.3, -0.25) is 4.79 Å². The second-order valence-electron chi connectivity index (χ2n) is 6.03. The van der Waals surface area contributed by atoms with Crippen LogP contribution in [0.15, 0.2) is 46.9 Å². The minimum atomic E-state index is -4.98. The maximum absolute atomic E-state index is 13.2. The van der Waals surface area contributed by atoms with Crippen LogP contribution in [-0.2, 0) is 0 Å². The van der Waals surface area contributed by atoms with E-state index in [9.17, 15) is 18.0 Å². The van der Waals surface area contributed by atoms with Gasteiger partial charge in [-0.05, 0) is 36.4 Å². The number of H-pyrrole nitrogens is 2. The molecule has 0 bridgehead atoms. The van der Waals surface area contributed by atoms with Crippen molar-refractivity contribution in [3.8, 4) is 17.1 Å². The Balaban J connectivity index is 1.99. The van der Waals surface area contributed by atoms with E-state index in [1.165, 1.54) is 13.2 Å². The minimum absolute atomic E-state index is 0.0978. The SMILES string of the molecule is COc1ccc2[nH]c(-c3[nH]c4cc(Br)ccc4c3C(=O)C(F)(F)F)cc2c1. The van der Waals surface area contributed by atoms with E-state index in [4.69, 9.17) is 4.74 Å². The van der Waals surface area contributed by atoms with Crippen molar-refractivity contribution in [3.05, 3.63) is 52.5 Å². The highest BCUT2D eigenvalue weighted by molar-refractivity contribution is 9.10. The summed E-state index contributed by atoms with van der Waals surface area (Å²) in [5, 5.41) is 0.973. The minimum Gasteiger partial charge on any atom is -0.497 e. The molecule has 138 valence electrons. The smallest absolute Gasteiger partial charge is 0.454 e. The molecule has 2 aromatic heterocycles. The molecule has 0 atom stereocenters. The molecule has 0 fully saturated rings. The van der Waals surface area contributed by atoms with Gasteiger partial charge in [0.15, 0.2) is 0 Å². The Morgan fingerprint density at radius 3 is 2.52 bits per heavy atom. The molecule has 0 unspecified atom stereocenters. The summed E-state index contributed by atoms with van der Waals surface area (Å²) in [6.07, 6.45) is -4.98. The van der Waals surface area contributed by atoms with E-state index < -0.39 is 17.5 Å². The van der Waals surface area contributed by atoms with Crippen molar-refractivity contribution in [2.75, 3.05) is 7.11 Å². The average Bonchev–Trinajstić information content (AvgIpc) is 3.19. The van der Waals surface area contributed by atoms with Gasteiger partial charge < -0.3 is 14.7 Å². The Labute approximate surface area is 159 Å². The number of carbonyl (C=O) groups excluding carboxylic acids is 1. The topological polar surface area (TPSA) is 57.9 Å². The van der Waals surface area contributed by atoms with Crippen molar-refractivity contribution in [1.82, 2.24) is 9.97 Å². The second-order valence-corrected chi connectivity index (χ2v) is 6.94. The Kier molecular flexibility index (Phi) is 4.03. The Hall–Kier alpha value is -2.74. The highest BCUT2D eigenvalue weighted by Crippen LogP contribution is 2.37. The van der Waals surface area contributed by atoms with Crippen LogP contribution in [0.3, 0.4) is 0 Å². The van der Waals surface area contributed by atoms with Crippen LogP contribution in [-0.4, -0.2) is 29.0 Å². The molecule has 0 spiro atoms. The summed E-state index contributed by atoms with van der Waals surface area (Å²) in [5.74, 6) is -1.26. The Bertz CT molecular complexity index is 1190. The summed E-state index contributed by atoms with van der Waals surface area (Å²) in [6.45, 7) is 0. The summed E-state index contributed by atoms with van der Waals surface area (Å²) in [5.41, 5.74) is 1.24. The second kappa shape index (κ2) is 6.16.